The molecule has 1 unspecified atom stereocenters. The summed E-state index contributed by atoms with van der Waals surface area (Å²) in [6.45, 7) is 5.72. The Kier molecular flexibility index (Phi) is 6.24. The molecule has 1 N–H and O–H groups in total. The third kappa shape index (κ3) is 3.97. The highest BCUT2D eigenvalue weighted by Crippen LogP contribution is 2.37. The molecule has 0 aromatic heterocycles. The van der Waals surface area contributed by atoms with Gasteiger partial charge in [-0.3, -0.25) is 0 Å². The van der Waals surface area contributed by atoms with Crippen molar-refractivity contribution in [1.82, 2.24) is 5.32 Å². The van der Waals surface area contributed by atoms with Crippen LogP contribution in [-0.2, 0) is 9.84 Å². The van der Waals surface area contributed by atoms with E-state index in [2.05, 4.69) is 21.2 Å². The molecule has 0 saturated carbocycles. The summed E-state index contributed by atoms with van der Waals surface area (Å²) < 4.78 is 37.9. The molecule has 1 aromatic carbocycles. The van der Waals surface area contributed by atoms with Crippen LogP contribution in [0.4, 0.5) is 4.39 Å². The summed E-state index contributed by atoms with van der Waals surface area (Å²) in [5, 5.41) is 3.09. The smallest absolute Gasteiger partial charge is 0.154 e. The summed E-state index contributed by atoms with van der Waals surface area (Å²) in [5.74, 6) is -0.601. The molecule has 21 heavy (non-hydrogen) atoms. The summed E-state index contributed by atoms with van der Waals surface area (Å²) in [4.78, 5) is 0. The minimum absolute atomic E-state index is 0.0416. The van der Waals surface area contributed by atoms with Gasteiger partial charge in [0.25, 0.3) is 0 Å². The number of hydrogen-bond acceptors (Lipinski definition) is 3. The van der Waals surface area contributed by atoms with Crippen molar-refractivity contribution in [3.8, 4) is 0 Å². The minimum atomic E-state index is -3.40. The number of rotatable bonds is 6. The molecule has 0 saturated heterocycles. The molecule has 3 nitrogen and oxygen atoms in total. The van der Waals surface area contributed by atoms with E-state index in [0.717, 1.165) is 12.7 Å². The van der Waals surface area contributed by atoms with E-state index in [1.807, 2.05) is 6.92 Å². The van der Waals surface area contributed by atoms with E-state index in [-0.39, 0.29) is 10.6 Å². The fraction of sp³-hybridized carbons (Fsp3) is 0.571. The third-order valence-electron chi connectivity index (χ3n) is 3.63. The Hall–Kier alpha value is -0.170. The first-order chi connectivity index (χ1) is 9.54. The van der Waals surface area contributed by atoms with E-state index in [9.17, 15) is 12.8 Å². The van der Waals surface area contributed by atoms with Crippen LogP contribution in [0.2, 0.25) is 5.02 Å². The zero-order chi connectivity index (χ0) is 16.4. The maximum atomic E-state index is 14.5. The van der Waals surface area contributed by atoms with Gasteiger partial charge in [0.1, 0.15) is 5.82 Å². The van der Waals surface area contributed by atoms with Crippen LogP contribution >= 0.6 is 27.5 Å². The van der Waals surface area contributed by atoms with Gasteiger partial charge in [0.15, 0.2) is 9.84 Å². The van der Waals surface area contributed by atoms with Crippen molar-refractivity contribution >= 4 is 37.4 Å². The largest absolute Gasteiger partial charge is 0.309 e. The molecule has 0 spiro atoms. The molecular weight excluding hydrogens is 381 g/mol. The molecule has 0 amide bonds. The highest BCUT2D eigenvalue weighted by Gasteiger charge is 2.41. The Bertz CT molecular complexity index is 620. The molecule has 0 radical (unpaired) electrons. The number of halogens is 3. The lowest BCUT2D eigenvalue weighted by Gasteiger charge is -2.34. The van der Waals surface area contributed by atoms with Gasteiger partial charge in [-0.2, -0.15) is 0 Å². The van der Waals surface area contributed by atoms with Crippen molar-refractivity contribution in [3.05, 3.63) is 33.0 Å². The second-order valence-electron chi connectivity index (χ2n) is 5.53. The van der Waals surface area contributed by atoms with Crippen LogP contribution in [0.1, 0.15) is 38.8 Å². The second-order valence-corrected chi connectivity index (χ2v) is 9.36. The number of benzene rings is 1. The van der Waals surface area contributed by atoms with Crippen LogP contribution in [-0.4, -0.2) is 26.0 Å². The Balaban J connectivity index is 3.43. The van der Waals surface area contributed by atoms with Gasteiger partial charge in [0.05, 0.1) is 15.8 Å². The topological polar surface area (TPSA) is 46.2 Å². The first-order valence-corrected chi connectivity index (χ1v) is 9.66. The van der Waals surface area contributed by atoms with Crippen molar-refractivity contribution < 1.29 is 12.8 Å². The van der Waals surface area contributed by atoms with Crippen molar-refractivity contribution in [2.45, 2.75) is 38.0 Å². The lowest BCUT2D eigenvalue weighted by atomic mass is 9.94. The Morgan fingerprint density at radius 1 is 1.43 bits per heavy atom. The van der Waals surface area contributed by atoms with E-state index in [0.29, 0.717) is 11.0 Å². The van der Waals surface area contributed by atoms with Gasteiger partial charge in [-0.05, 0) is 48.8 Å². The van der Waals surface area contributed by atoms with Gasteiger partial charge < -0.3 is 5.32 Å². The highest BCUT2D eigenvalue weighted by molar-refractivity contribution is 9.10. The summed E-state index contributed by atoms with van der Waals surface area (Å²) >= 11 is 9.09. The average molecular weight is 401 g/mol. The molecule has 1 atom stereocenters. The lowest BCUT2D eigenvalue weighted by molar-refractivity contribution is 0.406. The molecule has 1 rings (SSSR count). The fourth-order valence-corrected chi connectivity index (χ4v) is 3.11. The molecule has 0 aliphatic carbocycles. The van der Waals surface area contributed by atoms with Crippen LogP contribution in [0.3, 0.4) is 0 Å². The number of sulfone groups is 1. The summed E-state index contributed by atoms with van der Waals surface area (Å²) in [5.41, 5.74) is 0.257. The van der Waals surface area contributed by atoms with Gasteiger partial charge in [-0.15, -0.1) is 0 Å². The average Bonchev–Trinajstić information content (AvgIpc) is 2.37. The molecule has 7 heteroatoms. The maximum Gasteiger partial charge on any atom is 0.154 e. The van der Waals surface area contributed by atoms with Gasteiger partial charge in [-0.25, -0.2) is 12.8 Å². The molecule has 0 bridgehead atoms. The number of nitrogens with one attached hydrogen (secondary N) is 1. The number of hydrogen-bond donors (Lipinski definition) is 1. The SMILES string of the molecule is CCCNC(c1ccc(Br)c(Cl)c1F)C(C)(C)S(C)(=O)=O. The van der Waals surface area contributed by atoms with Gasteiger partial charge in [-0.1, -0.05) is 24.6 Å². The van der Waals surface area contributed by atoms with Crippen molar-refractivity contribution in [2.24, 2.45) is 0 Å². The van der Waals surface area contributed by atoms with E-state index < -0.39 is 26.4 Å². The Morgan fingerprint density at radius 3 is 2.48 bits per heavy atom. The predicted octanol–water partition coefficient (Wildman–Crippen LogP) is 4.11. The van der Waals surface area contributed by atoms with E-state index in [1.54, 1.807) is 26.0 Å². The molecule has 0 aliphatic heterocycles. The predicted molar refractivity (Wildman–Crippen MR) is 89.1 cm³/mol. The van der Waals surface area contributed by atoms with Crippen LogP contribution in [0.15, 0.2) is 16.6 Å². The molecular formula is C14H20BrClFNO2S. The standard InChI is InChI=1S/C14H20BrClFNO2S/c1-5-8-18-13(14(2,3)21(4,19)20)9-6-7-10(15)11(16)12(9)17/h6-7,13,18H,5,8H2,1-4H3. The van der Waals surface area contributed by atoms with E-state index in [4.69, 9.17) is 11.6 Å². The third-order valence-corrected chi connectivity index (χ3v) is 7.03. The normalized spacial score (nSPS) is 14.2. The van der Waals surface area contributed by atoms with Crippen molar-refractivity contribution in [3.63, 3.8) is 0 Å². The van der Waals surface area contributed by atoms with Gasteiger partial charge in [0, 0.05) is 16.3 Å². The van der Waals surface area contributed by atoms with E-state index >= 15 is 0 Å². The van der Waals surface area contributed by atoms with Gasteiger partial charge >= 0.3 is 0 Å². The summed E-state index contributed by atoms with van der Waals surface area (Å²) in [6, 6.07) is 2.50. The van der Waals surface area contributed by atoms with Crippen LogP contribution in [0.25, 0.3) is 0 Å². The molecule has 120 valence electrons. The van der Waals surface area contributed by atoms with Crippen LogP contribution in [0.5, 0.6) is 0 Å². The quantitative estimate of drug-likeness (QED) is 0.731. The maximum absolute atomic E-state index is 14.5. The summed E-state index contributed by atoms with van der Waals surface area (Å²) in [7, 11) is -3.40. The Labute approximate surface area is 139 Å². The zero-order valence-corrected chi connectivity index (χ0v) is 15.7. The lowest BCUT2D eigenvalue weighted by Crippen LogP contribution is -2.45. The second kappa shape index (κ2) is 6.94. The van der Waals surface area contributed by atoms with Crippen molar-refractivity contribution in [2.75, 3.05) is 12.8 Å². The zero-order valence-electron chi connectivity index (χ0n) is 12.5. The Morgan fingerprint density at radius 2 is 2.00 bits per heavy atom. The monoisotopic (exact) mass is 399 g/mol. The van der Waals surface area contributed by atoms with Gasteiger partial charge in [0.2, 0.25) is 0 Å². The molecule has 0 fully saturated rings. The molecule has 0 aliphatic rings. The van der Waals surface area contributed by atoms with Crippen LogP contribution in [0, 0.1) is 5.82 Å². The minimum Gasteiger partial charge on any atom is -0.309 e. The van der Waals surface area contributed by atoms with E-state index in [1.165, 1.54) is 0 Å². The highest BCUT2D eigenvalue weighted by atomic mass is 79.9. The van der Waals surface area contributed by atoms with Crippen LogP contribution < -0.4 is 5.32 Å². The molecule has 0 heterocycles. The first kappa shape index (κ1) is 18.9. The van der Waals surface area contributed by atoms with Crippen molar-refractivity contribution in [1.29, 1.82) is 0 Å². The first-order valence-electron chi connectivity index (χ1n) is 6.60. The molecule has 1 aromatic rings. The summed E-state index contributed by atoms with van der Waals surface area (Å²) in [6.07, 6.45) is 1.97. The fourth-order valence-electron chi connectivity index (χ4n) is 2.00.